The molecule has 156 valence electrons. The summed E-state index contributed by atoms with van der Waals surface area (Å²) in [4.78, 5) is 13.0. The lowest BCUT2D eigenvalue weighted by Gasteiger charge is -2.34. The SMILES string of the molecule is CC[C@H](NC(=O)[C@@H]1CN(S(C)(=O)=O)c2cc(C)ccc2O1)c1ccc(C)c(C)c1. The minimum atomic E-state index is -3.55. The van der Waals surface area contributed by atoms with Crippen LogP contribution in [0.2, 0.25) is 0 Å². The first-order chi connectivity index (χ1) is 13.6. The maximum atomic E-state index is 13.0. The highest BCUT2D eigenvalue weighted by Gasteiger charge is 2.35. The Labute approximate surface area is 172 Å². The van der Waals surface area contributed by atoms with Crippen LogP contribution in [0.1, 0.15) is 41.6 Å². The van der Waals surface area contributed by atoms with Gasteiger partial charge in [0.1, 0.15) is 5.75 Å². The van der Waals surface area contributed by atoms with Crippen LogP contribution in [0.4, 0.5) is 5.69 Å². The van der Waals surface area contributed by atoms with E-state index in [9.17, 15) is 13.2 Å². The molecule has 7 heteroatoms. The van der Waals surface area contributed by atoms with E-state index in [4.69, 9.17) is 4.74 Å². The molecule has 1 N–H and O–H groups in total. The van der Waals surface area contributed by atoms with Crippen LogP contribution < -0.4 is 14.4 Å². The van der Waals surface area contributed by atoms with Gasteiger partial charge in [-0.1, -0.05) is 31.2 Å². The van der Waals surface area contributed by atoms with E-state index < -0.39 is 16.1 Å². The quantitative estimate of drug-likeness (QED) is 0.811. The highest BCUT2D eigenvalue weighted by atomic mass is 32.2. The Morgan fingerprint density at radius 1 is 1.17 bits per heavy atom. The van der Waals surface area contributed by atoms with Gasteiger partial charge in [0.25, 0.3) is 5.91 Å². The van der Waals surface area contributed by atoms with Gasteiger partial charge in [-0.2, -0.15) is 0 Å². The van der Waals surface area contributed by atoms with E-state index in [0.29, 0.717) is 17.9 Å². The number of nitrogens with zero attached hydrogens (tertiary/aromatic N) is 1. The van der Waals surface area contributed by atoms with Crippen LogP contribution in [0.5, 0.6) is 5.75 Å². The van der Waals surface area contributed by atoms with Crippen LogP contribution in [0, 0.1) is 20.8 Å². The Morgan fingerprint density at radius 2 is 1.90 bits per heavy atom. The van der Waals surface area contributed by atoms with Crippen molar-refractivity contribution >= 4 is 21.6 Å². The van der Waals surface area contributed by atoms with Gasteiger partial charge in [0.15, 0.2) is 6.10 Å². The monoisotopic (exact) mass is 416 g/mol. The first-order valence-electron chi connectivity index (χ1n) is 9.72. The van der Waals surface area contributed by atoms with E-state index in [2.05, 4.69) is 11.4 Å². The largest absolute Gasteiger partial charge is 0.476 e. The van der Waals surface area contributed by atoms with Crippen LogP contribution in [0.15, 0.2) is 36.4 Å². The Hall–Kier alpha value is -2.54. The fraction of sp³-hybridized carbons (Fsp3) is 0.409. The summed E-state index contributed by atoms with van der Waals surface area (Å²) < 4.78 is 31.8. The minimum Gasteiger partial charge on any atom is -0.476 e. The van der Waals surface area contributed by atoms with Gasteiger partial charge in [-0.3, -0.25) is 9.10 Å². The van der Waals surface area contributed by atoms with E-state index in [0.717, 1.165) is 22.9 Å². The number of fused-ring (bicyclic) bond motifs is 1. The molecule has 1 amide bonds. The van der Waals surface area contributed by atoms with Crippen molar-refractivity contribution in [1.82, 2.24) is 5.32 Å². The Balaban J connectivity index is 1.85. The number of amides is 1. The van der Waals surface area contributed by atoms with E-state index >= 15 is 0 Å². The summed E-state index contributed by atoms with van der Waals surface area (Å²) in [5.74, 6) is 0.0709. The number of aryl methyl sites for hydroxylation is 3. The topological polar surface area (TPSA) is 75.7 Å². The molecule has 0 spiro atoms. The molecule has 2 aromatic rings. The van der Waals surface area contributed by atoms with Crippen molar-refractivity contribution in [2.24, 2.45) is 0 Å². The van der Waals surface area contributed by atoms with Gasteiger partial charge in [-0.15, -0.1) is 0 Å². The van der Waals surface area contributed by atoms with Gasteiger partial charge in [-0.25, -0.2) is 8.42 Å². The van der Waals surface area contributed by atoms with Gasteiger partial charge in [0, 0.05) is 0 Å². The zero-order valence-corrected chi connectivity index (χ0v) is 18.3. The molecule has 6 nitrogen and oxygen atoms in total. The van der Waals surface area contributed by atoms with Crippen molar-refractivity contribution in [2.75, 3.05) is 17.1 Å². The molecular formula is C22H28N2O4S. The van der Waals surface area contributed by atoms with Crippen LogP contribution in [-0.2, 0) is 14.8 Å². The van der Waals surface area contributed by atoms with E-state index in [1.165, 1.54) is 9.87 Å². The lowest BCUT2D eigenvalue weighted by atomic mass is 9.99. The summed E-state index contributed by atoms with van der Waals surface area (Å²) in [6.45, 7) is 7.93. The molecular weight excluding hydrogens is 388 g/mol. The summed E-state index contributed by atoms with van der Waals surface area (Å²) in [5.41, 5.74) is 4.77. The molecule has 0 saturated carbocycles. The number of carbonyl (C=O) groups excluding carboxylic acids is 1. The van der Waals surface area contributed by atoms with Crippen LogP contribution >= 0.6 is 0 Å². The van der Waals surface area contributed by atoms with Crippen molar-refractivity contribution in [3.63, 3.8) is 0 Å². The maximum Gasteiger partial charge on any atom is 0.263 e. The smallest absolute Gasteiger partial charge is 0.263 e. The second-order valence-corrected chi connectivity index (χ2v) is 9.59. The zero-order chi connectivity index (χ0) is 21.3. The fourth-order valence-electron chi connectivity index (χ4n) is 3.48. The Kier molecular flexibility index (Phi) is 5.89. The molecule has 29 heavy (non-hydrogen) atoms. The van der Waals surface area contributed by atoms with E-state index in [1.807, 2.05) is 45.9 Å². The van der Waals surface area contributed by atoms with Crippen molar-refractivity contribution in [3.8, 4) is 5.75 Å². The number of nitrogens with one attached hydrogen (secondary N) is 1. The van der Waals surface area contributed by atoms with Crippen molar-refractivity contribution in [3.05, 3.63) is 58.7 Å². The number of benzene rings is 2. The summed E-state index contributed by atoms with van der Waals surface area (Å²) in [7, 11) is -3.55. The number of hydrogen-bond acceptors (Lipinski definition) is 4. The predicted octanol–water partition coefficient (Wildman–Crippen LogP) is 3.41. The highest BCUT2D eigenvalue weighted by molar-refractivity contribution is 7.92. The van der Waals surface area contributed by atoms with Crippen LogP contribution in [0.25, 0.3) is 0 Å². The van der Waals surface area contributed by atoms with Gasteiger partial charge in [0.2, 0.25) is 10.0 Å². The molecule has 0 saturated heterocycles. The van der Waals surface area contributed by atoms with E-state index in [1.54, 1.807) is 12.1 Å². The predicted molar refractivity (Wildman–Crippen MR) is 115 cm³/mol. The minimum absolute atomic E-state index is 0.0511. The van der Waals surface area contributed by atoms with Gasteiger partial charge < -0.3 is 10.1 Å². The van der Waals surface area contributed by atoms with Gasteiger partial charge >= 0.3 is 0 Å². The average molecular weight is 417 g/mol. The fourth-order valence-corrected chi connectivity index (χ4v) is 4.39. The van der Waals surface area contributed by atoms with Crippen LogP contribution in [-0.4, -0.2) is 33.2 Å². The normalized spacial score (nSPS) is 17.3. The number of rotatable bonds is 5. The van der Waals surface area contributed by atoms with Crippen molar-refractivity contribution < 1.29 is 17.9 Å². The third-order valence-electron chi connectivity index (χ3n) is 5.33. The molecule has 2 aromatic carbocycles. The van der Waals surface area contributed by atoms with Crippen LogP contribution in [0.3, 0.4) is 0 Å². The molecule has 3 rings (SSSR count). The first-order valence-corrected chi connectivity index (χ1v) is 11.6. The van der Waals surface area contributed by atoms with Gasteiger partial charge in [0.05, 0.1) is 24.5 Å². The summed E-state index contributed by atoms with van der Waals surface area (Å²) >= 11 is 0. The lowest BCUT2D eigenvalue weighted by Crippen LogP contribution is -2.51. The van der Waals surface area contributed by atoms with Crippen molar-refractivity contribution in [1.29, 1.82) is 0 Å². The second kappa shape index (κ2) is 8.06. The molecule has 1 aliphatic heterocycles. The number of carbonyl (C=O) groups is 1. The number of anilines is 1. The van der Waals surface area contributed by atoms with Crippen molar-refractivity contribution in [2.45, 2.75) is 46.3 Å². The Bertz CT molecular complexity index is 1030. The highest BCUT2D eigenvalue weighted by Crippen LogP contribution is 2.36. The molecule has 1 heterocycles. The molecule has 2 atom stereocenters. The number of hydrogen-bond donors (Lipinski definition) is 1. The number of ether oxygens (including phenoxy) is 1. The summed E-state index contributed by atoms with van der Waals surface area (Å²) in [6, 6.07) is 11.3. The Morgan fingerprint density at radius 3 is 2.52 bits per heavy atom. The molecule has 0 radical (unpaired) electrons. The summed E-state index contributed by atoms with van der Waals surface area (Å²) in [5, 5.41) is 3.03. The summed E-state index contributed by atoms with van der Waals surface area (Å²) in [6.07, 6.45) is 0.941. The zero-order valence-electron chi connectivity index (χ0n) is 17.5. The third-order valence-corrected chi connectivity index (χ3v) is 6.48. The molecule has 0 aliphatic carbocycles. The average Bonchev–Trinajstić information content (AvgIpc) is 2.66. The molecule has 0 fully saturated rings. The second-order valence-electron chi connectivity index (χ2n) is 7.68. The standard InChI is InChI=1S/C22H28N2O4S/c1-6-18(17-9-8-15(3)16(4)12-17)23-22(25)21-13-24(29(5,26)27)19-11-14(2)7-10-20(19)28-21/h7-12,18,21H,6,13H2,1-5H3,(H,23,25)/t18-,21-/m0/s1. The molecule has 0 bridgehead atoms. The lowest BCUT2D eigenvalue weighted by molar-refractivity contribution is -0.128. The maximum absolute atomic E-state index is 13.0. The van der Waals surface area contributed by atoms with E-state index in [-0.39, 0.29) is 18.5 Å². The molecule has 0 unspecified atom stereocenters. The molecule has 0 aromatic heterocycles. The third kappa shape index (κ3) is 4.56. The van der Waals surface area contributed by atoms with Gasteiger partial charge in [-0.05, 0) is 61.6 Å². The first kappa shape index (κ1) is 21.2. The number of sulfonamides is 1. The molecule has 1 aliphatic rings.